The van der Waals surface area contributed by atoms with Crippen LogP contribution >= 0.6 is 11.3 Å². The third kappa shape index (κ3) is 5.43. The third-order valence-electron chi connectivity index (χ3n) is 12.0. The fourth-order valence-electron chi connectivity index (χ4n) is 9.13. The molecule has 6 heteroatoms. The van der Waals surface area contributed by atoms with Gasteiger partial charge in [-0.05, 0) is 88.6 Å². The van der Waals surface area contributed by atoms with Crippen molar-refractivity contribution in [3.8, 4) is 51.0 Å². The maximum Gasteiger partial charge on any atom is 0.166 e. The second kappa shape index (κ2) is 13.3. The molecule has 0 unspecified atom stereocenters. The van der Waals surface area contributed by atoms with Crippen molar-refractivity contribution in [2.45, 2.75) is 0 Å². The van der Waals surface area contributed by atoms with E-state index < -0.39 is 0 Å². The van der Waals surface area contributed by atoms with Crippen LogP contribution in [0, 0.1) is 0 Å². The number of thiophene rings is 1. The highest BCUT2D eigenvalue weighted by atomic mass is 32.1. The first-order valence-corrected chi connectivity index (χ1v) is 21.2. The molecule has 0 amide bonds. The van der Waals surface area contributed by atoms with E-state index in [1.54, 1.807) is 11.3 Å². The highest BCUT2D eigenvalue weighted by Gasteiger charge is 2.23. The van der Waals surface area contributed by atoms with Crippen LogP contribution in [-0.2, 0) is 0 Å². The van der Waals surface area contributed by atoms with Gasteiger partial charge in [0.25, 0.3) is 0 Å². The van der Waals surface area contributed by atoms with Gasteiger partial charge in [0.1, 0.15) is 11.2 Å². The fraction of sp³-hybridized carbons (Fsp3) is 0. The smallest absolute Gasteiger partial charge is 0.166 e. The van der Waals surface area contributed by atoms with E-state index in [1.807, 2.05) is 18.2 Å². The molecule has 0 saturated carbocycles. The minimum absolute atomic E-state index is 0.560. The van der Waals surface area contributed by atoms with Gasteiger partial charge in [-0.25, -0.2) is 15.0 Å². The van der Waals surface area contributed by atoms with Gasteiger partial charge in [-0.2, -0.15) is 0 Å². The van der Waals surface area contributed by atoms with Crippen molar-refractivity contribution in [2.75, 3.05) is 0 Å². The average Bonchev–Trinajstić information content (AvgIpc) is 3.99. The monoisotopic (exact) mass is 796 g/mol. The summed E-state index contributed by atoms with van der Waals surface area (Å²) in [6.07, 6.45) is 0. The molecule has 0 aliphatic carbocycles. The number of para-hydroxylation sites is 2. The van der Waals surface area contributed by atoms with Crippen molar-refractivity contribution >= 4 is 86.0 Å². The van der Waals surface area contributed by atoms with Gasteiger partial charge in [0.05, 0.1) is 16.7 Å². The lowest BCUT2D eigenvalue weighted by Gasteiger charge is -2.15. The topological polar surface area (TPSA) is 56.7 Å². The molecule has 4 aromatic heterocycles. The number of rotatable bonds is 5. The second-order valence-electron chi connectivity index (χ2n) is 15.6. The average molecular weight is 797 g/mol. The molecule has 0 saturated heterocycles. The van der Waals surface area contributed by atoms with E-state index >= 15 is 0 Å². The van der Waals surface area contributed by atoms with Crippen LogP contribution in [0.1, 0.15) is 0 Å². The van der Waals surface area contributed by atoms with Crippen LogP contribution in [0.4, 0.5) is 0 Å². The molecule has 0 N–H and O–H groups in total. The van der Waals surface area contributed by atoms with E-state index in [4.69, 9.17) is 19.4 Å². The van der Waals surface area contributed by atoms with Gasteiger partial charge >= 0.3 is 0 Å². The summed E-state index contributed by atoms with van der Waals surface area (Å²) in [7, 11) is 0. The van der Waals surface area contributed by atoms with Crippen molar-refractivity contribution < 1.29 is 4.42 Å². The Bertz CT molecular complexity index is 3900. The number of nitrogens with zero attached hydrogens (tertiary/aromatic N) is 4. The molecule has 61 heavy (non-hydrogen) atoms. The van der Waals surface area contributed by atoms with Gasteiger partial charge in [0.15, 0.2) is 17.5 Å². The highest BCUT2D eigenvalue weighted by Crippen LogP contribution is 2.42. The van der Waals surface area contributed by atoms with Crippen LogP contribution in [0.15, 0.2) is 199 Å². The van der Waals surface area contributed by atoms with Crippen LogP contribution in [-0.4, -0.2) is 19.5 Å². The Morgan fingerprint density at radius 1 is 0.361 bits per heavy atom. The summed E-state index contributed by atoms with van der Waals surface area (Å²) in [4.78, 5) is 16.1. The van der Waals surface area contributed by atoms with Crippen LogP contribution in [0.2, 0.25) is 0 Å². The standard InChI is InChI=1S/C55H32N4OS/c1-2-13-33(14-3-1)34-17-12-18-37(27-34)53-56-54(38-25-26-52-44(29-38)41-21-8-11-24-51(41)61-52)58-55(57-53)45-32-50-43(40-20-7-10-23-49(40)60-50)31-48(45)59-46-22-9-6-19-39(46)42-28-35-15-4-5-16-36(35)30-47(42)59/h1-32H. The molecule has 0 atom stereocenters. The Morgan fingerprint density at radius 3 is 1.89 bits per heavy atom. The molecule has 4 heterocycles. The Hall–Kier alpha value is -7.93. The van der Waals surface area contributed by atoms with Crippen LogP contribution < -0.4 is 0 Å². The van der Waals surface area contributed by atoms with Gasteiger partial charge in [-0.1, -0.05) is 127 Å². The summed E-state index contributed by atoms with van der Waals surface area (Å²) in [5, 5.41) is 9.24. The molecule has 0 radical (unpaired) electrons. The first-order valence-electron chi connectivity index (χ1n) is 20.4. The van der Waals surface area contributed by atoms with Crippen molar-refractivity contribution in [3.05, 3.63) is 194 Å². The minimum Gasteiger partial charge on any atom is -0.456 e. The Kier molecular flexibility index (Phi) is 7.41. The molecular formula is C55H32N4OS. The zero-order valence-corrected chi connectivity index (χ0v) is 33.4. The molecule has 13 rings (SSSR count). The van der Waals surface area contributed by atoms with Gasteiger partial charge < -0.3 is 8.98 Å². The molecule has 0 aliphatic rings. The Morgan fingerprint density at radius 2 is 1.02 bits per heavy atom. The lowest BCUT2D eigenvalue weighted by atomic mass is 10.0. The summed E-state index contributed by atoms with van der Waals surface area (Å²) < 4.78 is 11.5. The SMILES string of the molecule is c1ccc(-c2cccc(-c3nc(-c4ccc5sc6ccccc6c5c4)nc(-c4cc5oc6ccccc6c5cc4-n4c5ccccc5c5cc6ccccc6cc54)n3)c2)cc1. The van der Waals surface area contributed by atoms with Crippen molar-refractivity contribution in [3.63, 3.8) is 0 Å². The predicted molar refractivity (Wildman–Crippen MR) is 254 cm³/mol. The predicted octanol–water partition coefficient (Wildman–Crippen LogP) is 15.1. The van der Waals surface area contributed by atoms with E-state index in [1.165, 1.54) is 41.7 Å². The lowest BCUT2D eigenvalue weighted by molar-refractivity contribution is 0.669. The maximum atomic E-state index is 6.61. The number of aromatic nitrogens is 4. The van der Waals surface area contributed by atoms with E-state index in [0.717, 1.165) is 66.5 Å². The van der Waals surface area contributed by atoms with Crippen LogP contribution in [0.25, 0.3) is 126 Å². The summed E-state index contributed by atoms with van der Waals surface area (Å²) in [5.41, 5.74) is 9.66. The van der Waals surface area contributed by atoms with Gasteiger partial charge in [-0.3, -0.25) is 0 Å². The summed E-state index contributed by atoms with van der Waals surface area (Å²) in [5.74, 6) is 1.76. The largest absolute Gasteiger partial charge is 0.456 e. The van der Waals surface area contributed by atoms with Gasteiger partial charge in [-0.15, -0.1) is 11.3 Å². The first kappa shape index (κ1) is 34.0. The van der Waals surface area contributed by atoms with Crippen molar-refractivity contribution in [2.24, 2.45) is 0 Å². The summed E-state index contributed by atoms with van der Waals surface area (Å²) >= 11 is 1.80. The quantitative estimate of drug-likeness (QED) is 0.174. The molecular weight excluding hydrogens is 765 g/mol. The van der Waals surface area contributed by atoms with E-state index in [0.29, 0.717) is 17.5 Å². The molecule has 9 aromatic carbocycles. The number of benzene rings is 9. The molecule has 5 nitrogen and oxygen atoms in total. The molecule has 284 valence electrons. The first-order chi connectivity index (χ1) is 30.2. The van der Waals surface area contributed by atoms with Gasteiger partial charge in [0, 0.05) is 58.4 Å². The lowest BCUT2D eigenvalue weighted by Crippen LogP contribution is -2.04. The molecule has 0 aliphatic heterocycles. The Balaban J connectivity index is 1.13. The van der Waals surface area contributed by atoms with E-state index in [9.17, 15) is 0 Å². The third-order valence-corrected chi connectivity index (χ3v) is 13.2. The second-order valence-corrected chi connectivity index (χ2v) is 16.7. The van der Waals surface area contributed by atoms with Crippen molar-refractivity contribution in [1.29, 1.82) is 0 Å². The van der Waals surface area contributed by atoms with E-state index in [-0.39, 0.29) is 0 Å². The minimum atomic E-state index is 0.560. The zero-order chi connectivity index (χ0) is 40.0. The highest BCUT2D eigenvalue weighted by molar-refractivity contribution is 7.25. The molecule has 0 fully saturated rings. The zero-order valence-electron chi connectivity index (χ0n) is 32.6. The molecule has 0 spiro atoms. The Labute approximate surface area is 353 Å². The number of hydrogen-bond acceptors (Lipinski definition) is 5. The number of furan rings is 1. The summed E-state index contributed by atoms with van der Waals surface area (Å²) in [6.45, 7) is 0. The number of hydrogen-bond donors (Lipinski definition) is 0. The van der Waals surface area contributed by atoms with Crippen LogP contribution in [0.5, 0.6) is 0 Å². The van der Waals surface area contributed by atoms with E-state index in [2.05, 4.69) is 180 Å². The summed E-state index contributed by atoms with van der Waals surface area (Å²) in [6, 6.07) is 68.6. The fourth-order valence-corrected chi connectivity index (χ4v) is 10.2. The van der Waals surface area contributed by atoms with Crippen LogP contribution in [0.3, 0.4) is 0 Å². The molecule has 13 aromatic rings. The van der Waals surface area contributed by atoms with Crippen molar-refractivity contribution in [1.82, 2.24) is 19.5 Å². The van der Waals surface area contributed by atoms with Gasteiger partial charge in [0.2, 0.25) is 0 Å². The molecule has 0 bridgehead atoms. The normalized spacial score (nSPS) is 11.9. The maximum absolute atomic E-state index is 6.61. The number of fused-ring (bicyclic) bond motifs is 10.